The van der Waals surface area contributed by atoms with E-state index in [0.29, 0.717) is 23.1 Å². The van der Waals surface area contributed by atoms with Crippen LogP contribution in [0.25, 0.3) is 0 Å². The summed E-state index contributed by atoms with van der Waals surface area (Å²) >= 11 is 0. The molecule has 3 saturated carbocycles. The molecular formula is C26H32N4O2. The maximum atomic E-state index is 13.4. The van der Waals surface area contributed by atoms with Crippen LogP contribution < -0.4 is 10.2 Å². The zero-order chi connectivity index (χ0) is 22.9. The average molecular weight is 433 g/mol. The molecule has 0 unspecified atom stereocenters. The van der Waals surface area contributed by atoms with E-state index in [1.165, 1.54) is 29.7 Å². The SMILES string of the molecule is CC(C)Nc1cc(CN2C(=O)N(c3ccc(C45CC(C)(C4)C5)cc3)C(=O)C2(C)C)ccn1. The van der Waals surface area contributed by atoms with Crippen LogP contribution in [0.3, 0.4) is 0 Å². The molecule has 168 valence electrons. The number of nitrogens with zero attached hydrogens (tertiary/aromatic N) is 3. The van der Waals surface area contributed by atoms with Crippen LogP contribution in [0.1, 0.15) is 65.0 Å². The van der Waals surface area contributed by atoms with Gasteiger partial charge in [0.2, 0.25) is 0 Å². The number of aromatic nitrogens is 1. The Morgan fingerprint density at radius 1 is 1.03 bits per heavy atom. The second-order valence-corrected chi connectivity index (χ2v) is 11.1. The van der Waals surface area contributed by atoms with Gasteiger partial charge in [0.15, 0.2) is 0 Å². The zero-order valence-corrected chi connectivity index (χ0v) is 19.6. The van der Waals surface area contributed by atoms with Gasteiger partial charge in [-0.2, -0.15) is 0 Å². The van der Waals surface area contributed by atoms with Gasteiger partial charge in [-0.1, -0.05) is 19.1 Å². The Labute approximate surface area is 190 Å². The lowest BCUT2D eigenvalue weighted by molar-refractivity contribution is -0.125. The van der Waals surface area contributed by atoms with Gasteiger partial charge < -0.3 is 10.2 Å². The Hall–Kier alpha value is -2.89. The lowest BCUT2D eigenvalue weighted by Gasteiger charge is -2.70. The van der Waals surface area contributed by atoms with Crippen molar-refractivity contribution in [3.05, 3.63) is 53.7 Å². The monoisotopic (exact) mass is 432 g/mol. The summed E-state index contributed by atoms with van der Waals surface area (Å²) in [5.74, 6) is 0.575. The quantitative estimate of drug-likeness (QED) is 0.646. The van der Waals surface area contributed by atoms with Crippen molar-refractivity contribution in [2.75, 3.05) is 10.2 Å². The normalized spacial score (nSPS) is 28.1. The van der Waals surface area contributed by atoms with Crippen LogP contribution >= 0.6 is 0 Å². The summed E-state index contributed by atoms with van der Waals surface area (Å²) in [6.07, 6.45) is 5.49. The molecule has 1 aliphatic heterocycles. The summed E-state index contributed by atoms with van der Waals surface area (Å²) in [7, 11) is 0. The van der Waals surface area contributed by atoms with E-state index in [1.807, 2.05) is 38.1 Å². The van der Waals surface area contributed by atoms with Crippen molar-refractivity contribution in [2.24, 2.45) is 5.41 Å². The van der Waals surface area contributed by atoms with Crippen LogP contribution in [0.4, 0.5) is 16.3 Å². The molecule has 1 saturated heterocycles. The van der Waals surface area contributed by atoms with Crippen LogP contribution in [-0.2, 0) is 16.8 Å². The van der Waals surface area contributed by atoms with Gasteiger partial charge in [-0.05, 0) is 93.2 Å². The lowest BCUT2D eigenvalue weighted by Crippen LogP contribution is -2.62. The van der Waals surface area contributed by atoms with Crippen LogP contribution in [0.2, 0.25) is 0 Å². The molecule has 0 radical (unpaired) electrons. The van der Waals surface area contributed by atoms with Crippen LogP contribution in [0, 0.1) is 5.41 Å². The molecule has 2 aromatic rings. The summed E-state index contributed by atoms with van der Waals surface area (Å²) < 4.78 is 0. The molecule has 4 fully saturated rings. The van der Waals surface area contributed by atoms with Gasteiger partial charge in [0.25, 0.3) is 5.91 Å². The highest BCUT2D eigenvalue weighted by Crippen LogP contribution is 2.73. The molecule has 0 spiro atoms. The van der Waals surface area contributed by atoms with E-state index in [0.717, 1.165) is 11.4 Å². The first-order valence-electron chi connectivity index (χ1n) is 11.5. The summed E-state index contributed by atoms with van der Waals surface area (Å²) in [5, 5.41) is 3.29. The molecule has 3 aliphatic carbocycles. The third-order valence-electron chi connectivity index (χ3n) is 7.46. The van der Waals surface area contributed by atoms with Crippen molar-refractivity contribution in [1.82, 2.24) is 9.88 Å². The Bertz CT molecular complexity index is 1070. The Morgan fingerprint density at radius 3 is 2.28 bits per heavy atom. The molecule has 6 rings (SSSR count). The van der Waals surface area contributed by atoms with E-state index >= 15 is 0 Å². The van der Waals surface area contributed by atoms with Crippen molar-refractivity contribution < 1.29 is 9.59 Å². The van der Waals surface area contributed by atoms with Crippen molar-refractivity contribution >= 4 is 23.4 Å². The van der Waals surface area contributed by atoms with Crippen LogP contribution in [0.5, 0.6) is 0 Å². The van der Waals surface area contributed by atoms with E-state index < -0.39 is 5.54 Å². The number of rotatable bonds is 6. The van der Waals surface area contributed by atoms with Crippen molar-refractivity contribution in [1.29, 1.82) is 0 Å². The maximum absolute atomic E-state index is 13.4. The highest BCUT2D eigenvalue weighted by molar-refractivity contribution is 6.22. The molecule has 6 nitrogen and oxygen atoms in total. The maximum Gasteiger partial charge on any atom is 0.332 e. The Kier molecular flexibility index (Phi) is 4.46. The summed E-state index contributed by atoms with van der Waals surface area (Å²) in [6, 6.07) is 11.9. The molecule has 2 bridgehead atoms. The van der Waals surface area contributed by atoms with Crippen LogP contribution in [-0.4, -0.2) is 33.4 Å². The minimum atomic E-state index is -0.924. The smallest absolute Gasteiger partial charge is 0.332 e. The average Bonchev–Trinajstić information content (AvgIpc) is 2.84. The fraction of sp³-hybridized carbons (Fsp3) is 0.500. The number of anilines is 2. The number of hydrogen-bond acceptors (Lipinski definition) is 4. The lowest BCUT2D eigenvalue weighted by atomic mass is 9.34. The number of carbonyl (C=O) groups excluding carboxylic acids is 2. The fourth-order valence-corrected chi connectivity index (χ4v) is 6.02. The number of urea groups is 1. The summed E-state index contributed by atoms with van der Waals surface area (Å²) in [5.41, 5.74) is 2.87. The minimum absolute atomic E-state index is 0.192. The molecule has 4 aliphatic rings. The zero-order valence-electron chi connectivity index (χ0n) is 19.6. The molecule has 1 aromatic carbocycles. The van der Waals surface area contributed by atoms with Crippen molar-refractivity contribution in [3.63, 3.8) is 0 Å². The molecule has 3 amide bonds. The molecule has 6 heteroatoms. The second kappa shape index (κ2) is 6.80. The van der Waals surface area contributed by atoms with Crippen LogP contribution in [0.15, 0.2) is 42.6 Å². The Balaban J connectivity index is 1.37. The van der Waals surface area contributed by atoms with Gasteiger partial charge in [-0.3, -0.25) is 4.79 Å². The molecule has 2 heterocycles. The first-order chi connectivity index (χ1) is 15.0. The van der Waals surface area contributed by atoms with Gasteiger partial charge in [0.05, 0.1) is 5.69 Å². The highest BCUT2D eigenvalue weighted by Gasteiger charge is 2.65. The third kappa shape index (κ3) is 3.11. The summed E-state index contributed by atoms with van der Waals surface area (Å²) in [4.78, 5) is 34.0. The van der Waals surface area contributed by atoms with E-state index in [-0.39, 0.29) is 18.0 Å². The van der Waals surface area contributed by atoms with Gasteiger partial charge in [-0.25, -0.2) is 14.7 Å². The Morgan fingerprint density at radius 2 is 1.69 bits per heavy atom. The van der Waals surface area contributed by atoms with Crippen molar-refractivity contribution in [2.45, 2.75) is 77.4 Å². The van der Waals surface area contributed by atoms with Gasteiger partial charge in [-0.15, -0.1) is 0 Å². The van der Waals surface area contributed by atoms with Gasteiger partial charge in [0.1, 0.15) is 11.4 Å². The van der Waals surface area contributed by atoms with E-state index in [1.54, 1.807) is 11.1 Å². The first kappa shape index (κ1) is 21.0. The molecule has 0 atom stereocenters. The number of benzene rings is 1. The minimum Gasteiger partial charge on any atom is -0.368 e. The largest absolute Gasteiger partial charge is 0.368 e. The topological polar surface area (TPSA) is 65.5 Å². The fourth-order valence-electron chi connectivity index (χ4n) is 6.02. The number of hydrogen-bond donors (Lipinski definition) is 1. The second-order valence-electron chi connectivity index (χ2n) is 11.1. The molecule has 1 N–H and O–H groups in total. The van der Waals surface area contributed by atoms with E-state index in [9.17, 15) is 9.59 Å². The number of imide groups is 1. The number of pyridine rings is 1. The molecule has 32 heavy (non-hydrogen) atoms. The molecular weight excluding hydrogens is 400 g/mol. The number of amides is 3. The highest BCUT2D eigenvalue weighted by atomic mass is 16.2. The number of nitrogens with one attached hydrogen (secondary N) is 1. The standard InChI is InChI=1S/C26H32N4O2/c1-17(2)28-21-12-18(10-11-27-21)13-29-23(32)30(22(31)24(29,3)4)20-8-6-19(7-9-20)26-14-25(5,15-26)16-26/h6-12,17H,13-16H2,1-5H3,(H,27,28). The molecule has 1 aromatic heterocycles. The predicted octanol–water partition coefficient (Wildman–Crippen LogP) is 5.09. The predicted molar refractivity (Wildman–Crippen MR) is 126 cm³/mol. The van der Waals surface area contributed by atoms with E-state index in [2.05, 4.69) is 43.2 Å². The van der Waals surface area contributed by atoms with Gasteiger partial charge >= 0.3 is 6.03 Å². The third-order valence-corrected chi connectivity index (χ3v) is 7.46. The van der Waals surface area contributed by atoms with Crippen molar-refractivity contribution in [3.8, 4) is 0 Å². The summed E-state index contributed by atoms with van der Waals surface area (Å²) in [6.45, 7) is 10.4. The number of carbonyl (C=O) groups is 2. The first-order valence-corrected chi connectivity index (χ1v) is 11.5. The van der Waals surface area contributed by atoms with E-state index in [4.69, 9.17) is 0 Å². The van der Waals surface area contributed by atoms with Gasteiger partial charge in [0, 0.05) is 18.8 Å².